The minimum atomic E-state index is -0.638. The summed E-state index contributed by atoms with van der Waals surface area (Å²) in [7, 11) is 3.89. The first kappa shape index (κ1) is 17.3. The Morgan fingerprint density at radius 2 is 2.17 bits per heavy atom. The number of hydrogen-bond acceptors (Lipinski definition) is 4. The normalized spacial score (nSPS) is 24.9. The molecule has 0 aromatic heterocycles. The predicted octanol–water partition coefficient (Wildman–Crippen LogP) is 2.48. The standard InChI is InChI=1S/C20H29NO3/c1-14(18(23)13-22)8-9-20-10-11-21(2)19(20)7-5-15-4-6-16(24-3)12-17(15)20/h4,6-7,12,14,18,22-23H,5,8-11,13H2,1-3H3. The van der Waals surface area contributed by atoms with Gasteiger partial charge >= 0.3 is 0 Å². The number of ether oxygens (including phenoxy) is 1. The second-order valence-electron chi connectivity index (χ2n) is 7.34. The fourth-order valence-corrected chi connectivity index (χ4v) is 4.34. The highest BCUT2D eigenvalue weighted by Gasteiger charge is 2.45. The first-order valence-corrected chi connectivity index (χ1v) is 8.90. The summed E-state index contributed by atoms with van der Waals surface area (Å²) in [5, 5.41) is 19.1. The van der Waals surface area contributed by atoms with E-state index < -0.39 is 6.10 Å². The molecule has 3 rings (SSSR count). The van der Waals surface area contributed by atoms with Crippen LogP contribution in [0.25, 0.3) is 0 Å². The van der Waals surface area contributed by atoms with Crippen LogP contribution in [0.3, 0.4) is 0 Å². The number of benzene rings is 1. The van der Waals surface area contributed by atoms with E-state index in [-0.39, 0.29) is 17.9 Å². The number of likely N-dealkylation sites (N-methyl/N-ethyl adjacent to an activating group) is 1. The van der Waals surface area contributed by atoms with Gasteiger partial charge < -0.3 is 19.8 Å². The number of likely N-dealkylation sites (tertiary alicyclic amines) is 1. The van der Waals surface area contributed by atoms with Crippen molar-refractivity contribution < 1.29 is 14.9 Å². The van der Waals surface area contributed by atoms with Crippen molar-refractivity contribution in [2.24, 2.45) is 5.92 Å². The van der Waals surface area contributed by atoms with E-state index in [2.05, 4.69) is 30.2 Å². The van der Waals surface area contributed by atoms with E-state index in [1.54, 1.807) is 7.11 Å². The summed E-state index contributed by atoms with van der Waals surface area (Å²) in [5.74, 6) is 1.000. The number of allylic oxidation sites excluding steroid dienone is 2. The molecule has 0 spiro atoms. The molecule has 1 fully saturated rings. The van der Waals surface area contributed by atoms with Crippen LogP contribution in [-0.4, -0.2) is 48.5 Å². The number of hydrogen-bond donors (Lipinski definition) is 2. The molecule has 1 aromatic rings. The van der Waals surface area contributed by atoms with Gasteiger partial charge in [-0.15, -0.1) is 0 Å². The molecule has 1 saturated heterocycles. The molecule has 0 bridgehead atoms. The summed E-state index contributed by atoms with van der Waals surface area (Å²) in [4.78, 5) is 2.37. The van der Waals surface area contributed by atoms with Crippen LogP contribution in [0.2, 0.25) is 0 Å². The second-order valence-corrected chi connectivity index (χ2v) is 7.34. The van der Waals surface area contributed by atoms with Crippen LogP contribution >= 0.6 is 0 Å². The van der Waals surface area contributed by atoms with Gasteiger partial charge in [-0.2, -0.15) is 0 Å². The van der Waals surface area contributed by atoms with Crippen molar-refractivity contribution in [1.29, 1.82) is 0 Å². The quantitative estimate of drug-likeness (QED) is 0.841. The monoisotopic (exact) mass is 331 g/mol. The van der Waals surface area contributed by atoms with Gasteiger partial charge in [-0.1, -0.05) is 19.1 Å². The fourth-order valence-electron chi connectivity index (χ4n) is 4.34. The molecule has 0 radical (unpaired) electrons. The molecule has 3 unspecified atom stereocenters. The van der Waals surface area contributed by atoms with E-state index in [1.165, 1.54) is 16.8 Å². The largest absolute Gasteiger partial charge is 0.497 e. The van der Waals surface area contributed by atoms with Crippen LogP contribution in [0, 0.1) is 5.92 Å². The zero-order valence-electron chi connectivity index (χ0n) is 15.0. The topological polar surface area (TPSA) is 52.9 Å². The maximum atomic E-state index is 9.93. The average Bonchev–Trinajstić information content (AvgIpc) is 2.96. The minimum absolute atomic E-state index is 0.0142. The lowest BCUT2D eigenvalue weighted by molar-refractivity contribution is 0.0478. The third-order valence-corrected chi connectivity index (χ3v) is 5.99. The lowest BCUT2D eigenvalue weighted by atomic mass is 9.67. The molecule has 4 nitrogen and oxygen atoms in total. The first-order chi connectivity index (χ1) is 11.5. The Hall–Kier alpha value is -1.52. The van der Waals surface area contributed by atoms with Crippen molar-refractivity contribution in [3.8, 4) is 5.75 Å². The maximum absolute atomic E-state index is 9.93. The fraction of sp³-hybridized carbons (Fsp3) is 0.600. The van der Waals surface area contributed by atoms with Crippen molar-refractivity contribution in [2.45, 2.75) is 44.1 Å². The van der Waals surface area contributed by atoms with Gasteiger partial charge in [0.15, 0.2) is 0 Å². The van der Waals surface area contributed by atoms with Crippen LogP contribution in [0.15, 0.2) is 30.0 Å². The maximum Gasteiger partial charge on any atom is 0.119 e. The number of aliphatic hydroxyl groups excluding tert-OH is 2. The Kier molecular flexibility index (Phi) is 4.88. The van der Waals surface area contributed by atoms with Crippen LogP contribution < -0.4 is 4.74 Å². The molecule has 0 saturated carbocycles. The summed E-state index contributed by atoms with van der Waals surface area (Å²) in [6, 6.07) is 6.43. The zero-order chi connectivity index (χ0) is 17.3. The molecule has 132 valence electrons. The Bertz CT molecular complexity index is 627. The van der Waals surface area contributed by atoms with Crippen molar-refractivity contribution in [1.82, 2.24) is 4.90 Å². The minimum Gasteiger partial charge on any atom is -0.497 e. The Labute approximate surface area is 144 Å². The van der Waals surface area contributed by atoms with E-state index in [9.17, 15) is 10.2 Å². The van der Waals surface area contributed by atoms with Gasteiger partial charge in [-0.3, -0.25) is 0 Å². The Morgan fingerprint density at radius 3 is 2.88 bits per heavy atom. The highest BCUT2D eigenvalue weighted by atomic mass is 16.5. The smallest absolute Gasteiger partial charge is 0.119 e. The summed E-state index contributed by atoms with van der Waals surface area (Å²) in [6.45, 7) is 2.91. The number of rotatable bonds is 6. The third-order valence-electron chi connectivity index (χ3n) is 5.99. The molecule has 2 N–H and O–H groups in total. The highest BCUT2D eigenvalue weighted by Crippen LogP contribution is 2.50. The van der Waals surface area contributed by atoms with Crippen molar-refractivity contribution in [2.75, 3.05) is 27.3 Å². The lowest BCUT2D eigenvalue weighted by Crippen LogP contribution is -2.33. The second kappa shape index (κ2) is 6.77. The molecular weight excluding hydrogens is 302 g/mol. The molecule has 1 aliphatic heterocycles. The Balaban J connectivity index is 1.95. The number of methoxy groups -OCH3 is 1. The van der Waals surface area contributed by atoms with E-state index >= 15 is 0 Å². The highest BCUT2D eigenvalue weighted by molar-refractivity contribution is 5.51. The molecule has 3 atom stereocenters. The van der Waals surface area contributed by atoms with Gasteiger partial charge in [0, 0.05) is 24.7 Å². The molecule has 24 heavy (non-hydrogen) atoms. The van der Waals surface area contributed by atoms with E-state index in [0.29, 0.717) is 0 Å². The van der Waals surface area contributed by atoms with E-state index in [4.69, 9.17) is 4.74 Å². The third kappa shape index (κ3) is 2.82. The zero-order valence-corrected chi connectivity index (χ0v) is 15.0. The first-order valence-electron chi connectivity index (χ1n) is 8.90. The summed E-state index contributed by atoms with van der Waals surface area (Å²) in [5.41, 5.74) is 4.19. The summed E-state index contributed by atoms with van der Waals surface area (Å²) in [6.07, 6.45) is 5.67. The number of nitrogens with zero attached hydrogens (tertiary/aromatic N) is 1. The predicted molar refractivity (Wildman–Crippen MR) is 95.2 cm³/mol. The summed E-state index contributed by atoms with van der Waals surface area (Å²) < 4.78 is 5.48. The van der Waals surface area contributed by atoms with Crippen LogP contribution in [0.5, 0.6) is 5.75 Å². The molecular formula is C20H29NO3. The molecule has 1 aliphatic carbocycles. The SMILES string of the molecule is COc1ccc2c(c1)C1(CCC(C)C(O)CO)CCN(C)C1=CC2. The van der Waals surface area contributed by atoms with Gasteiger partial charge in [-0.25, -0.2) is 0 Å². The molecule has 2 aliphatic rings. The van der Waals surface area contributed by atoms with Crippen molar-refractivity contribution in [3.63, 3.8) is 0 Å². The van der Waals surface area contributed by atoms with Gasteiger partial charge in [-0.05, 0) is 54.9 Å². The van der Waals surface area contributed by atoms with Gasteiger partial charge in [0.05, 0.1) is 19.8 Å². The number of aliphatic hydroxyl groups is 2. The number of fused-ring (bicyclic) bond motifs is 3. The van der Waals surface area contributed by atoms with Gasteiger partial charge in [0.2, 0.25) is 0 Å². The molecule has 1 aromatic carbocycles. The van der Waals surface area contributed by atoms with Crippen LogP contribution in [0.1, 0.15) is 37.3 Å². The van der Waals surface area contributed by atoms with Crippen molar-refractivity contribution >= 4 is 0 Å². The average molecular weight is 331 g/mol. The van der Waals surface area contributed by atoms with Crippen LogP contribution in [-0.2, 0) is 11.8 Å². The molecule has 0 amide bonds. The molecule has 4 heteroatoms. The lowest BCUT2D eigenvalue weighted by Gasteiger charge is -2.38. The van der Waals surface area contributed by atoms with E-state index in [1.807, 2.05) is 13.0 Å². The van der Waals surface area contributed by atoms with Gasteiger partial charge in [0.25, 0.3) is 0 Å². The summed E-state index contributed by atoms with van der Waals surface area (Å²) >= 11 is 0. The van der Waals surface area contributed by atoms with E-state index in [0.717, 1.165) is 38.0 Å². The van der Waals surface area contributed by atoms with Crippen LogP contribution in [0.4, 0.5) is 0 Å². The molecule has 1 heterocycles. The Morgan fingerprint density at radius 1 is 1.38 bits per heavy atom. The van der Waals surface area contributed by atoms with Crippen molar-refractivity contribution in [3.05, 3.63) is 41.1 Å². The van der Waals surface area contributed by atoms with Gasteiger partial charge in [0.1, 0.15) is 5.75 Å².